The molecule has 3 atom stereocenters. The summed E-state index contributed by atoms with van der Waals surface area (Å²) in [5.74, 6) is 2.42. The molecule has 122 valence electrons. The van der Waals surface area contributed by atoms with Crippen LogP contribution in [-0.4, -0.2) is 13.0 Å². The maximum Gasteiger partial charge on any atom is 0.224 e. The van der Waals surface area contributed by atoms with Gasteiger partial charge in [-0.25, -0.2) is 0 Å². The Morgan fingerprint density at radius 3 is 2.57 bits per heavy atom. The molecular formula is C19H23NO3. The number of rotatable bonds is 6. The van der Waals surface area contributed by atoms with Crippen LogP contribution in [0.2, 0.25) is 0 Å². The van der Waals surface area contributed by atoms with Crippen molar-refractivity contribution in [2.24, 2.45) is 11.8 Å². The highest BCUT2D eigenvalue weighted by Crippen LogP contribution is 2.48. The van der Waals surface area contributed by atoms with Crippen LogP contribution in [0.25, 0.3) is 0 Å². The summed E-state index contributed by atoms with van der Waals surface area (Å²) in [7, 11) is 1.65. The molecule has 1 N–H and O–H groups in total. The van der Waals surface area contributed by atoms with Crippen molar-refractivity contribution in [1.29, 1.82) is 0 Å². The number of hydrogen-bond acceptors (Lipinski definition) is 3. The van der Waals surface area contributed by atoms with Gasteiger partial charge in [-0.15, -0.1) is 0 Å². The van der Waals surface area contributed by atoms with Crippen molar-refractivity contribution in [2.75, 3.05) is 7.11 Å². The summed E-state index contributed by atoms with van der Waals surface area (Å²) in [6.45, 7) is 4.23. The Morgan fingerprint density at radius 2 is 2.00 bits per heavy atom. The van der Waals surface area contributed by atoms with Gasteiger partial charge in [-0.3, -0.25) is 4.79 Å². The standard InChI is InChI=1S/C19H23NO3/c1-12(2)18(13-6-8-14(22-3)9-7-13)20-19(21)16-11-15(16)17-5-4-10-23-17/h4-10,12,15-16,18H,11H2,1-3H3,(H,20,21). The summed E-state index contributed by atoms with van der Waals surface area (Å²) >= 11 is 0. The van der Waals surface area contributed by atoms with Crippen LogP contribution in [0.5, 0.6) is 5.75 Å². The number of amides is 1. The third kappa shape index (κ3) is 3.41. The highest BCUT2D eigenvalue weighted by Gasteiger charge is 2.46. The lowest BCUT2D eigenvalue weighted by atomic mass is 9.95. The van der Waals surface area contributed by atoms with Gasteiger partial charge < -0.3 is 14.5 Å². The molecule has 1 aromatic heterocycles. The Bertz CT molecular complexity index is 646. The zero-order valence-electron chi connectivity index (χ0n) is 13.8. The van der Waals surface area contributed by atoms with E-state index in [9.17, 15) is 4.79 Å². The molecule has 0 aliphatic heterocycles. The van der Waals surface area contributed by atoms with Crippen molar-refractivity contribution in [3.8, 4) is 5.75 Å². The lowest BCUT2D eigenvalue weighted by molar-refractivity contribution is -0.123. The van der Waals surface area contributed by atoms with Crippen LogP contribution in [-0.2, 0) is 4.79 Å². The molecule has 1 heterocycles. The molecular weight excluding hydrogens is 290 g/mol. The Labute approximate surface area is 136 Å². The van der Waals surface area contributed by atoms with E-state index in [1.165, 1.54) is 0 Å². The third-order valence-corrected chi connectivity index (χ3v) is 4.48. The molecule has 3 unspecified atom stereocenters. The van der Waals surface area contributed by atoms with Gasteiger partial charge in [-0.2, -0.15) is 0 Å². The van der Waals surface area contributed by atoms with Crippen LogP contribution in [0.15, 0.2) is 47.1 Å². The summed E-state index contributed by atoms with van der Waals surface area (Å²) in [4.78, 5) is 12.5. The first-order valence-electron chi connectivity index (χ1n) is 8.08. The molecule has 1 aromatic carbocycles. The summed E-state index contributed by atoms with van der Waals surface area (Å²) in [6, 6.07) is 11.7. The fourth-order valence-electron chi connectivity index (χ4n) is 3.01. The van der Waals surface area contributed by atoms with Crippen LogP contribution in [0, 0.1) is 11.8 Å². The monoisotopic (exact) mass is 313 g/mol. The fourth-order valence-corrected chi connectivity index (χ4v) is 3.01. The van der Waals surface area contributed by atoms with Gasteiger partial charge in [0.1, 0.15) is 11.5 Å². The van der Waals surface area contributed by atoms with Gasteiger partial charge in [0.05, 0.1) is 19.4 Å². The Morgan fingerprint density at radius 1 is 1.26 bits per heavy atom. The predicted octanol–water partition coefficient (Wildman–Crippen LogP) is 3.91. The van der Waals surface area contributed by atoms with Crippen molar-refractivity contribution < 1.29 is 13.9 Å². The van der Waals surface area contributed by atoms with Crippen molar-refractivity contribution in [3.63, 3.8) is 0 Å². The van der Waals surface area contributed by atoms with E-state index in [1.807, 2.05) is 36.4 Å². The van der Waals surface area contributed by atoms with Crippen LogP contribution >= 0.6 is 0 Å². The van der Waals surface area contributed by atoms with E-state index in [1.54, 1.807) is 13.4 Å². The summed E-state index contributed by atoms with van der Waals surface area (Å²) in [5, 5.41) is 3.20. The molecule has 3 rings (SSSR count). The summed E-state index contributed by atoms with van der Waals surface area (Å²) < 4.78 is 10.6. The number of carbonyl (C=O) groups excluding carboxylic acids is 1. The van der Waals surface area contributed by atoms with Crippen LogP contribution in [0.1, 0.15) is 43.6 Å². The summed E-state index contributed by atoms with van der Waals surface area (Å²) in [6.07, 6.45) is 2.53. The molecule has 2 aromatic rings. The highest BCUT2D eigenvalue weighted by molar-refractivity contribution is 5.83. The zero-order chi connectivity index (χ0) is 16.4. The number of ether oxygens (including phenoxy) is 1. The van der Waals surface area contributed by atoms with Crippen LogP contribution in [0.4, 0.5) is 0 Å². The SMILES string of the molecule is COc1ccc(C(NC(=O)C2CC2c2ccco2)C(C)C)cc1. The quantitative estimate of drug-likeness (QED) is 0.880. The van der Waals surface area contributed by atoms with E-state index >= 15 is 0 Å². The third-order valence-electron chi connectivity index (χ3n) is 4.48. The minimum absolute atomic E-state index is 0.00579. The Hall–Kier alpha value is -2.23. The number of carbonyl (C=O) groups is 1. The second kappa shape index (κ2) is 6.49. The maximum absolute atomic E-state index is 12.5. The fraction of sp³-hybridized carbons (Fsp3) is 0.421. The molecule has 23 heavy (non-hydrogen) atoms. The molecule has 0 spiro atoms. The molecule has 4 nitrogen and oxygen atoms in total. The maximum atomic E-state index is 12.5. The molecule has 1 saturated carbocycles. The molecule has 0 radical (unpaired) electrons. The van der Waals surface area contributed by atoms with E-state index in [0.29, 0.717) is 5.92 Å². The Balaban J connectivity index is 1.66. The van der Waals surface area contributed by atoms with E-state index in [-0.39, 0.29) is 23.8 Å². The van der Waals surface area contributed by atoms with Gasteiger partial charge in [-0.05, 0) is 42.2 Å². The lowest BCUT2D eigenvalue weighted by Gasteiger charge is -2.23. The van der Waals surface area contributed by atoms with Crippen molar-refractivity contribution >= 4 is 5.91 Å². The predicted molar refractivity (Wildman–Crippen MR) is 88.3 cm³/mol. The van der Waals surface area contributed by atoms with E-state index in [2.05, 4.69) is 19.2 Å². The number of benzene rings is 1. The van der Waals surface area contributed by atoms with Crippen molar-refractivity contribution in [1.82, 2.24) is 5.32 Å². The zero-order valence-corrected chi connectivity index (χ0v) is 13.8. The number of methoxy groups -OCH3 is 1. The second-order valence-corrected chi connectivity index (χ2v) is 6.47. The van der Waals surface area contributed by atoms with Gasteiger partial charge in [0, 0.05) is 11.8 Å². The van der Waals surface area contributed by atoms with Gasteiger partial charge >= 0.3 is 0 Å². The highest BCUT2D eigenvalue weighted by atomic mass is 16.5. The first kappa shape index (κ1) is 15.7. The average molecular weight is 313 g/mol. The van der Waals surface area contributed by atoms with Crippen LogP contribution < -0.4 is 10.1 Å². The number of furan rings is 1. The minimum Gasteiger partial charge on any atom is -0.497 e. The second-order valence-electron chi connectivity index (χ2n) is 6.47. The normalized spacial score (nSPS) is 21.0. The van der Waals surface area contributed by atoms with Crippen LogP contribution in [0.3, 0.4) is 0 Å². The summed E-state index contributed by atoms with van der Waals surface area (Å²) in [5.41, 5.74) is 1.10. The topological polar surface area (TPSA) is 51.5 Å². The molecule has 4 heteroatoms. The molecule has 1 amide bonds. The lowest BCUT2D eigenvalue weighted by Crippen LogP contribution is -2.33. The van der Waals surface area contributed by atoms with E-state index < -0.39 is 0 Å². The van der Waals surface area contributed by atoms with Gasteiger partial charge in [-0.1, -0.05) is 26.0 Å². The van der Waals surface area contributed by atoms with Gasteiger partial charge in [0.15, 0.2) is 0 Å². The molecule has 1 aliphatic rings. The van der Waals surface area contributed by atoms with Crippen molar-refractivity contribution in [2.45, 2.75) is 32.2 Å². The van der Waals surface area contributed by atoms with E-state index in [4.69, 9.17) is 9.15 Å². The average Bonchev–Trinajstić information content (AvgIpc) is 3.18. The van der Waals surface area contributed by atoms with E-state index in [0.717, 1.165) is 23.5 Å². The molecule has 1 fully saturated rings. The number of nitrogens with one attached hydrogen (secondary N) is 1. The number of hydrogen-bond donors (Lipinski definition) is 1. The molecule has 0 bridgehead atoms. The Kier molecular flexibility index (Phi) is 4.42. The van der Waals surface area contributed by atoms with Crippen molar-refractivity contribution in [3.05, 3.63) is 54.0 Å². The minimum atomic E-state index is 0.00579. The largest absolute Gasteiger partial charge is 0.497 e. The first-order valence-corrected chi connectivity index (χ1v) is 8.08. The van der Waals surface area contributed by atoms with Gasteiger partial charge in [0.2, 0.25) is 5.91 Å². The smallest absolute Gasteiger partial charge is 0.224 e. The molecule has 0 saturated heterocycles. The first-order chi connectivity index (χ1) is 11.1. The van der Waals surface area contributed by atoms with Gasteiger partial charge in [0.25, 0.3) is 0 Å². The molecule has 1 aliphatic carbocycles.